The molecule has 1 amide bonds. The fraction of sp³-hybridized carbons (Fsp3) is 0.350. The van der Waals surface area contributed by atoms with Gasteiger partial charge >= 0.3 is 0 Å². The second kappa shape index (κ2) is 9.99. The number of nitrogens with one attached hydrogen (secondary N) is 1. The number of ether oxygens (including phenoxy) is 1. The van der Waals surface area contributed by atoms with Crippen molar-refractivity contribution in [3.63, 3.8) is 0 Å². The number of benzene rings is 2. The molecule has 0 atom stereocenters. The van der Waals surface area contributed by atoms with Gasteiger partial charge in [-0.3, -0.25) is 4.79 Å². The van der Waals surface area contributed by atoms with E-state index in [0.717, 1.165) is 30.0 Å². The molecule has 0 fully saturated rings. The highest BCUT2D eigenvalue weighted by atomic mass is 35.5. The molecule has 0 unspecified atom stereocenters. The minimum Gasteiger partial charge on any atom is -0.494 e. The number of amides is 1. The average Bonchev–Trinajstić information content (AvgIpc) is 2.59. The zero-order chi connectivity index (χ0) is 17.2. The van der Waals surface area contributed by atoms with Gasteiger partial charge in [-0.05, 0) is 56.0 Å². The molecule has 0 aliphatic rings. The third kappa shape index (κ3) is 7.05. The Labute approximate surface area is 149 Å². The van der Waals surface area contributed by atoms with Gasteiger partial charge < -0.3 is 10.1 Å². The van der Waals surface area contributed by atoms with Crippen molar-refractivity contribution < 1.29 is 9.53 Å². The van der Waals surface area contributed by atoms with Crippen molar-refractivity contribution in [2.45, 2.75) is 32.6 Å². The molecule has 3 nitrogen and oxygen atoms in total. The first-order chi connectivity index (χ1) is 11.6. The molecule has 0 aliphatic carbocycles. The molecule has 0 saturated carbocycles. The Hall–Kier alpha value is -2.00. The Kier molecular flexibility index (Phi) is 7.63. The minimum absolute atomic E-state index is 0.0820. The van der Waals surface area contributed by atoms with E-state index in [2.05, 4.69) is 5.32 Å². The maximum atomic E-state index is 11.8. The minimum atomic E-state index is 0.0820. The van der Waals surface area contributed by atoms with E-state index in [1.54, 1.807) is 0 Å². The van der Waals surface area contributed by atoms with Crippen LogP contribution in [0.4, 0.5) is 0 Å². The van der Waals surface area contributed by atoms with Gasteiger partial charge in [0.25, 0.3) is 0 Å². The van der Waals surface area contributed by atoms with E-state index in [-0.39, 0.29) is 5.91 Å². The van der Waals surface area contributed by atoms with E-state index in [1.807, 2.05) is 55.5 Å². The van der Waals surface area contributed by atoms with Crippen molar-refractivity contribution in [1.29, 1.82) is 0 Å². The van der Waals surface area contributed by atoms with Gasteiger partial charge in [-0.15, -0.1) is 0 Å². The third-order valence-corrected chi connectivity index (χ3v) is 3.97. The highest BCUT2D eigenvalue weighted by Crippen LogP contribution is 2.12. The molecule has 0 aromatic heterocycles. The van der Waals surface area contributed by atoms with Gasteiger partial charge in [0.1, 0.15) is 5.75 Å². The quantitative estimate of drug-likeness (QED) is 0.677. The lowest BCUT2D eigenvalue weighted by Gasteiger charge is -2.07. The smallest absolute Gasteiger partial charge is 0.220 e. The van der Waals surface area contributed by atoms with Crippen LogP contribution in [-0.4, -0.2) is 19.1 Å². The van der Waals surface area contributed by atoms with Crippen LogP contribution in [0.2, 0.25) is 5.02 Å². The number of halogens is 1. The monoisotopic (exact) mass is 345 g/mol. The number of hydrogen-bond acceptors (Lipinski definition) is 2. The zero-order valence-electron chi connectivity index (χ0n) is 14.1. The largest absolute Gasteiger partial charge is 0.494 e. The molecule has 2 rings (SSSR count). The molecule has 0 saturated heterocycles. The summed E-state index contributed by atoms with van der Waals surface area (Å²) in [5.74, 6) is 0.933. The fourth-order valence-corrected chi connectivity index (χ4v) is 2.44. The SMILES string of the molecule is Cc1ccc(OCCCC(=O)NCCCc2ccc(Cl)cc2)cc1. The van der Waals surface area contributed by atoms with Crippen LogP contribution in [0.5, 0.6) is 5.75 Å². The number of carbonyl (C=O) groups excluding carboxylic acids is 1. The molecular formula is C20H24ClNO2. The molecule has 0 aliphatic heterocycles. The van der Waals surface area contributed by atoms with E-state index in [9.17, 15) is 4.79 Å². The molecule has 2 aromatic carbocycles. The van der Waals surface area contributed by atoms with E-state index < -0.39 is 0 Å². The van der Waals surface area contributed by atoms with E-state index in [4.69, 9.17) is 16.3 Å². The van der Waals surface area contributed by atoms with Crippen molar-refractivity contribution in [3.8, 4) is 5.75 Å². The van der Waals surface area contributed by atoms with Gasteiger partial charge in [0.15, 0.2) is 0 Å². The lowest BCUT2D eigenvalue weighted by molar-refractivity contribution is -0.121. The van der Waals surface area contributed by atoms with Crippen molar-refractivity contribution >= 4 is 17.5 Å². The van der Waals surface area contributed by atoms with Gasteiger partial charge in [0.2, 0.25) is 5.91 Å². The molecule has 0 bridgehead atoms. The Balaban J connectivity index is 1.52. The Bertz CT molecular complexity index is 568. The number of hydrogen-bond donors (Lipinski definition) is 1. The lowest BCUT2D eigenvalue weighted by atomic mass is 10.1. The standard InChI is InChI=1S/C20H24ClNO2/c1-16-6-12-19(13-7-16)24-15-3-5-20(23)22-14-2-4-17-8-10-18(21)11-9-17/h6-13H,2-5,14-15H2,1H3,(H,22,23). The fourth-order valence-electron chi connectivity index (χ4n) is 2.32. The lowest BCUT2D eigenvalue weighted by Crippen LogP contribution is -2.24. The highest BCUT2D eigenvalue weighted by molar-refractivity contribution is 6.30. The Morgan fingerprint density at radius 3 is 2.46 bits per heavy atom. The summed E-state index contributed by atoms with van der Waals surface area (Å²) in [6, 6.07) is 15.8. The zero-order valence-corrected chi connectivity index (χ0v) is 14.8. The van der Waals surface area contributed by atoms with E-state index in [0.29, 0.717) is 19.6 Å². The second-order valence-corrected chi connectivity index (χ2v) is 6.28. The molecule has 2 aromatic rings. The maximum Gasteiger partial charge on any atom is 0.220 e. The number of aryl methyl sites for hydroxylation is 2. The summed E-state index contributed by atoms with van der Waals surface area (Å²) in [6.07, 6.45) is 3.07. The number of carbonyl (C=O) groups is 1. The topological polar surface area (TPSA) is 38.3 Å². The number of rotatable bonds is 9. The summed E-state index contributed by atoms with van der Waals surface area (Å²) >= 11 is 5.85. The van der Waals surface area contributed by atoms with E-state index >= 15 is 0 Å². The van der Waals surface area contributed by atoms with Crippen molar-refractivity contribution in [2.24, 2.45) is 0 Å². The van der Waals surface area contributed by atoms with Crippen LogP contribution < -0.4 is 10.1 Å². The predicted octanol–water partition coefficient (Wildman–Crippen LogP) is 4.56. The highest BCUT2D eigenvalue weighted by Gasteiger charge is 2.01. The van der Waals surface area contributed by atoms with Gasteiger partial charge in [-0.1, -0.05) is 41.4 Å². The molecule has 0 heterocycles. The molecule has 1 N–H and O–H groups in total. The van der Waals surface area contributed by atoms with Crippen LogP contribution in [0, 0.1) is 6.92 Å². The van der Waals surface area contributed by atoms with Crippen LogP contribution >= 0.6 is 11.6 Å². The summed E-state index contributed by atoms with van der Waals surface area (Å²) in [6.45, 7) is 3.29. The second-order valence-electron chi connectivity index (χ2n) is 5.85. The van der Waals surface area contributed by atoms with Crippen LogP contribution in [0.25, 0.3) is 0 Å². The first-order valence-electron chi connectivity index (χ1n) is 8.34. The van der Waals surface area contributed by atoms with Gasteiger partial charge in [0.05, 0.1) is 6.61 Å². The molecule has 0 spiro atoms. The normalized spacial score (nSPS) is 10.4. The predicted molar refractivity (Wildman–Crippen MR) is 98.7 cm³/mol. The first kappa shape index (κ1) is 18.3. The first-order valence-corrected chi connectivity index (χ1v) is 8.72. The van der Waals surface area contributed by atoms with Crippen LogP contribution in [0.3, 0.4) is 0 Å². The molecule has 24 heavy (non-hydrogen) atoms. The Morgan fingerprint density at radius 2 is 1.75 bits per heavy atom. The van der Waals surface area contributed by atoms with Crippen molar-refractivity contribution in [3.05, 3.63) is 64.7 Å². The summed E-state index contributed by atoms with van der Waals surface area (Å²) < 4.78 is 5.61. The summed E-state index contributed by atoms with van der Waals surface area (Å²) in [5, 5.41) is 3.70. The molecule has 128 valence electrons. The molecule has 4 heteroatoms. The average molecular weight is 346 g/mol. The molecular weight excluding hydrogens is 322 g/mol. The summed E-state index contributed by atoms with van der Waals surface area (Å²) in [4.78, 5) is 11.8. The van der Waals surface area contributed by atoms with Gasteiger partial charge in [0, 0.05) is 18.0 Å². The maximum absolute atomic E-state index is 11.8. The third-order valence-electron chi connectivity index (χ3n) is 3.72. The van der Waals surface area contributed by atoms with Crippen molar-refractivity contribution in [1.82, 2.24) is 5.32 Å². The Morgan fingerprint density at radius 1 is 1.04 bits per heavy atom. The van der Waals surface area contributed by atoms with Crippen LogP contribution in [0.15, 0.2) is 48.5 Å². The van der Waals surface area contributed by atoms with E-state index in [1.165, 1.54) is 11.1 Å². The summed E-state index contributed by atoms with van der Waals surface area (Å²) in [5.41, 5.74) is 2.44. The van der Waals surface area contributed by atoms with Gasteiger partial charge in [-0.2, -0.15) is 0 Å². The van der Waals surface area contributed by atoms with Crippen molar-refractivity contribution in [2.75, 3.05) is 13.2 Å². The molecule has 0 radical (unpaired) electrons. The van der Waals surface area contributed by atoms with Crippen LogP contribution in [0.1, 0.15) is 30.4 Å². The summed E-state index contributed by atoms with van der Waals surface area (Å²) in [7, 11) is 0. The van der Waals surface area contributed by atoms with Gasteiger partial charge in [-0.25, -0.2) is 0 Å². The van der Waals surface area contributed by atoms with Crippen LogP contribution in [-0.2, 0) is 11.2 Å².